The van der Waals surface area contributed by atoms with Crippen LogP contribution in [0.2, 0.25) is 0 Å². The zero-order chi connectivity index (χ0) is 13.1. The molecule has 3 nitrogen and oxygen atoms in total. The average molecular weight is 261 g/mol. The highest BCUT2D eigenvalue weighted by molar-refractivity contribution is 8.00. The molecule has 1 heterocycles. The second-order valence-electron chi connectivity index (χ2n) is 4.24. The van der Waals surface area contributed by atoms with Crippen molar-refractivity contribution < 1.29 is 9.21 Å². The van der Waals surface area contributed by atoms with Crippen LogP contribution in [0.1, 0.15) is 28.4 Å². The van der Waals surface area contributed by atoms with Crippen LogP contribution < -0.4 is 0 Å². The van der Waals surface area contributed by atoms with Gasteiger partial charge in [-0.2, -0.15) is 0 Å². The van der Waals surface area contributed by atoms with Crippen LogP contribution in [0.3, 0.4) is 0 Å². The summed E-state index contributed by atoms with van der Waals surface area (Å²) in [5.74, 6) is 0.111. The molecule has 4 heteroatoms. The number of aryl methyl sites for hydroxylation is 2. The lowest BCUT2D eigenvalue weighted by molar-refractivity contribution is 0.0993. The summed E-state index contributed by atoms with van der Waals surface area (Å²) in [7, 11) is 0. The van der Waals surface area contributed by atoms with Gasteiger partial charge in [-0.1, -0.05) is 29.5 Å². The lowest BCUT2D eigenvalue weighted by Gasteiger charge is -2.10. The van der Waals surface area contributed by atoms with Crippen molar-refractivity contribution in [2.75, 3.05) is 0 Å². The molecular weight excluding hydrogens is 246 g/mol. The number of ketones is 1. The molecule has 0 aliphatic carbocycles. The van der Waals surface area contributed by atoms with E-state index in [9.17, 15) is 4.79 Å². The normalized spacial score (nSPS) is 12.4. The summed E-state index contributed by atoms with van der Waals surface area (Å²) in [6, 6.07) is 5.92. The van der Waals surface area contributed by atoms with E-state index in [1.807, 2.05) is 39.0 Å². The number of rotatable bonds is 4. The van der Waals surface area contributed by atoms with E-state index in [0.29, 0.717) is 5.22 Å². The Morgan fingerprint density at radius 1 is 1.39 bits per heavy atom. The van der Waals surface area contributed by atoms with Crippen molar-refractivity contribution in [1.29, 1.82) is 0 Å². The molecule has 2 aromatic rings. The van der Waals surface area contributed by atoms with Gasteiger partial charge in [-0.05, 0) is 32.4 Å². The molecule has 0 amide bonds. The molecule has 0 fully saturated rings. The number of carbonyl (C=O) groups is 1. The monoisotopic (exact) mass is 261 g/mol. The number of aromatic nitrogens is 1. The molecule has 1 aromatic heterocycles. The number of thioether (sulfide) groups is 1. The third kappa shape index (κ3) is 2.82. The summed E-state index contributed by atoms with van der Waals surface area (Å²) in [6.45, 7) is 5.82. The van der Waals surface area contributed by atoms with Crippen LogP contribution in [0.15, 0.2) is 40.3 Å². The standard InChI is InChI=1S/C14H15NO2S/c1-9-4-5-10(2)12(8-9)13(16)11(3)18-14-15-6-7-17-14/h4-8,11H,1-3H3. The smallest absolute Gasteiger partial charge is 0.256 e. The highest BCUT2D eigenvalue weighted by Gasteiger charge is 2.20. The molecule has 0 spiro atoms. The van der Waals surface area contributed by atoms with Gasteiger partial charge in [0.1, 0.15) is 6.26 Å². The number of Topliss-reactive ketones (excluding diaryl/α,β-unsaturated/α-hetero) is 1. The Balaban J connectivity index is 2.17. The third-order valence-electron chi connectivity index (χ3n) is 2.72. The summed E-state index contributed by atoms with van der Waals surface area (Å²) in [5.41, 5.74) is 2.88. The average Bonchev–Trinajstić information content (AvgIpc) is 2.84. The van der Waals surface area contributed by atoms with Gasteiger partial charge in [0.2, 0.25) is 0 Å². The molecule has 1 unspecified atom stereocenters. The van der Waals surface area contributed by atoms with Crippen LogP contribution in [0.5, 0.6) is 0 Å². The lowest BCUT2D eigenvalue weighted by atomic mass is 10.0. The predicted octanol–water partition coefficient (Wildman–Crippen LogP) is 3.65. The number of hydrogen-bond acceptors (Lipinski definition) is 4. The minimum absolute atomic E-state index is 0.111. The van der Waals surface area contributed by atoms with E-state index in [2.05, 4.69) is 4.98 Å². The van der Waals surface area contributed by atoms with Crippen LogP contribution in [-0.4, -0.2) is 16.0 Å². The van der Waals surface area contributed by atoms with Gasteiger partial charge in [-0.15, -0.1) is 0 Å². The van der Waals surface area contributed by atoms with Gasteiger partial charge in [-0.25, -0.2) is 4.98 Å². The highest BCUT2D eigenvalue weighted by Crippen LogP contribution is 2.25. The number of oxazole rings is 1. The first-order valence-electron chi connectivity index (χ1n) is 5.75. The van der Waals surface area contributed by atoms with Gasteiger partial charge in [0.15, 0.2) is 5.78 Å². The molecule has 0 bridgehead atoms. The fraction of sp³-hybridized carbons (Fsp3) is 0.286. The van der Waals surface area contributed by atoms with Gasteiger partial charge < -0.3 is 4.42 Å². The molecule has 1 atom stereocenters. The van der Waals surface area contributed by atoms with Crippen molar-refractivity contribution >= 4 is 17.5 Å². The Hall–Kier alpha value is -1.55. The van der Waals surface area contributed by atoms with Crippen molar-refractivity contribution in [3.63, 3.8) is 0 Å². The van der Waals surface area contributed by atoms with Crippen molar-refractivity contribution in [3.05, 3.63) is 47.3 Å². The first kappa shape index (κ1) is 12.9. The fourth-order valence-corrected chi connectivity index (χ4v) is 2.46. The van der Waals surface area contributed by atoms with Crippen LogP contribution in [0.4, 0.5) is 0 Å². The maximum Gasteiger partial charge on any atom is 0.256 e. The third-order valence-corrected chi connectivity index (χ3v) is 3.69. The molecule has 94 valence electrons. The Kier molecular flexibility index (Phi) is 3.87. The molecule has 0 saturated carbocycles. The van der Waals surface area contributed by atoms with E-state index < -0.39 is 0 Å². The van der Waals surface area contributed by atoms with Gasteiger partial charge in [0.25, 0.3) is 5.22 Å². The van der Waals surface area contributed by atoms with E-state index in [0.717, 1.165) is 16.7 Å². The van der Waals surface area contributed by atoms with E-state index in [-0.39, 0.29) is 11.0 Å². The Labute approximate surface area is 111 Å². The Morgan fingerprint density at radius 2 is 2.17 bits per heavy atom. The summed E-state index contributed by atoms with van der Waals surface area (Å²) in [6.07, 6.45) is 3.09. The van der Waals surface area contributed by atoms with Gasteiger partial charge in [0, 0.05) is 5.56 Å². The summed E-state index contributed by atoms with van der Waals surface area (Å²) in [4.78, 5) is 16.4. The first-order chi connectivity index (χ1) is 8.58. The number of carbonyl (C=O) groups excluding carboxylic acids is 1. The van der Waals surface area contributed by atoms with Gasteiger partial charge in [-0.3, -0.25) is 4.79 Å². The zero-order valence-electron chi connectivity index (χ0n) is 10.6. The Morgan fingerprint density at radius 3 is 2.83 bits per heavy atom. The SMILES string of the molecule is Cc1ccc(C)c(C(=O)C(C)Sc2ncco2)c1. The lowest BCUT2D eigenvalue weighted by Crippen LogP contribution is -2.15. The molecule has 0 aliphatic heterocycles. The summed E-state index contributed by atoms with van der Waals surface area (Å²) >= 11 is 1.34. The molecule has 1 aromatic carbocycles. The van der Waals surface area contributed by atoms with Crippen LogP contribution in [0, 0.1) is 13.8 Å². The van der Waals surface area contributed by atoms with Gasteiger partial charge in [0.05, 0.1) is 11.4 Å². The van der Waals surface area contributed by atoms with E-state index in [4.69, 9.17) is 4.42 Å². The second kappa shape index (κ2) is 5.40. The maximum atomic E-state index is 12.4. The minimum atomic E-state index is -0.204. The molecule has 0 N–H and O–H groups in total. The predicted molar refractivity (Wildman–Crippen MR) is 72.1 cm³/mol. The molecule has 2 rings (SSSR count). The topological polar surface area (TPSA) is 43.1 Å². The molecule has 0 radical (unpaired) electrons. The van der Waals surface area contributed by atoms with Crippen LogP contribution >= 0.6 is 11.8 Å². The molecule has 18 heavy (non-hydrogen) atoms. The van der Waals surface area contributed by atoms with Crippen molar-refractivity contribution in [2.45, 2.75) is 31.2 Å². The van der Waals surface area contributed by atoms with Crippen LogP contribution in [-0.2, 0) is 0 Å². The van der Waals surface area contributed by atoms with E-state index >= 15 is 0 Å². The van der Waals surface area contributed by atoms with Crippen molar-refractivity contribution in [3.8, 4) is 0 Å². The van der Waals surface area contributed by atoms with Crippen molar-refractivity contribution in [1.82, 2.24) is 4.98 Å². The van der Waals surface area contributed by atoms with Crippen LogP contribution in [0.25, 0.3) is 0 Å². The first-order valence-corrected chi connectivity index (χ1v) is 6.63. The Bertz CT molecular complexity index is 549. The van der Waals surface area contributed by atoms with E-state index in [1.165, 1.54) is 18.0 Å². The molecular formula is C14H15NO2S. The zero-order valence-corrected chi connectivity index (χ0v) is 11.5. The summed E-state index contributed by atoms with van der Waals surface area (Å²) in [5, 5.41) is 0.324. The van der Waals surface area contributed by atoms with Crippen molar-refractivity contribution in [2.24, 2.45) is 0 Å². The number of nitrogens with zero attached hydrogens (tertiary/aromatic N) is 1. The van der Waals surface area contributed by atoms with E-state index in [1.54, 1.807) is 6.20 Å². The number of hydrogen-bond donors (Lipinski definition) is 0. The minimum Gasteiger partial charge on any atom is -0.440 e. The van der Waals surface area contributed by atoms with Gasteiger partial charge >= 0.3 is 0 Å². The number of benzene rings is 1. The fourth-order valence-electron chi connectivity index (χ4n) is 1.69. The maximum absolute atomic E-state index is 12.4. The molecule has 0 aliphatic rings. The quantitative estimate of drug-likeness (QED) is 0.622. The highest BCUT2D eigenvalue weighted by atomic mass is 32.2. The molecule has 0 saturated heterocycles. The second-order valence-corrected chi connectivity index (χ2v) is 5.53. The summed E-state index contributed by atoms with van der Waals surface area (Å²) < 4.78 is 5.14. The largest absolute Gasteiger partial charge is 0.440 e.